The molecule has 3 rings (SSSR count). The fraction of sp³-hybridized carbons (Fsp3) is 0.471. The third-order valence-electron chi connectivity index (χ3n) is 4.15. The summed E-state index contributed by atoms with van der Waals surface area (Å²) >= 11 is 1.81. The van der Waals surface area contributed by atoms with Crippen LogP contribution in [0, 0.1) is 0 Å². The van der Waals surface area contributed by atoms with Gasteiger partial charge in [-0.1, -0.05) is 6.07 Å². The molecule has 2 aromatic rings. The van der Waals surface area contributed by atoms with E-state index < -0.39 is 0 Å². The minimum absolute atomic E-state index is 0.118. The van der Waals surface area contributed by atoms with Gasteiger partial charge in [0, 0.05) is 51.7 Å². The van der Waals surface area contributed by atoms with Gasteiger partial charge in [0.2, 0.25) is 0 Å². The first kappa shape index (κ1) is 16.9. The van der Waals surface area contributed by atoms with Gasteiger partial charge in [0.25, 0.3) is 5.91 Å². The molecule has 1 fully saturated rings. The van der Waals surface area contributed by atoms with Gasteiger partial charge >= 0.3 is 0 Å². The highest BCUT2D eigenvalue weighted by atomic mass is 32.1. The first-order valence-corrected chi connectivity index (χ1v) is 9.06. The van der Waals surface area contributed by atoms with E-state index in [-0.39, 0.29) is 5.91 Å². The molecule has 24 heavy (non-hydrogen) atoms. The average Bonchev–Trinajstić information content (AvgIpc) is 2.99. The molecule has 0 radical (unpaired) electrons. The zero-order valence-corrected chi connectivity index (χ0v) is 15.0. The Kier molecular flexibility index (Phi) is 5.42. The lowest BCUT2D eigenvalue weighted by Crippen LogP contribution is -2.31. The van der Waals surface area contributed by atoms with Crippen LogP contribution in [-0.4, -0.2) is 66.2 Å². The fourth-order valence-electron chi connectivity index (χ4n) is 2.82. The van der Waals surface area contributed by atoms with Crippen LogP contribution in [-0.2, 0) is 6.54 Å². The van der Waals surface area contributed by atoms with Crippen molar-refractivity contribution in [2.75, 3.05) is 45.2 Å². The van der Waals surface area contributed by atoms with Gasteiger partial charge < -0.3 is 9.80 Å². The second kappa shape index (κ2) is 7.72. The number of thiophene rings is 1. The Balaban J connectivity index is 1.60. The number of anilines is 1. The van der Waals surface area contributed by atoms with Crippen molar-refractivity contribution in [3.63, 3.8) is 0 Å². The number of carbonyl (C=O) groups excluding carboxylic acids is 1. The van der Waals surface area contributed by atoms with Crippen LogP contribution in [0.2, 0.25) is 0 Å². The third-order valence-corrected chi connectivity index (χ3v) is 5.01. The summed E-state index contributed by atoms with van der Waals surface area (Å²) in [5.41, 5.74) is 0.387. The summed E-state index contributed by atoms with van der Waals surface area (Å²) in [5.74, 6) is 0.732. The van der Waals surface area contributed by atoms with Crippen LogP contribution in [0.25, 0.3) is 0 Å². The predicted molar refractivity (Wildman–Crippen MR) is 96.5 cm³/mol. The van der Waals surface area contributed by atoms with Crippen molar-refractivity contribution in [2.24, 2.45) is 0 Å². The van der Waals surface area contributed by atoms with Gasteiger partial charge in [-0.15, -0.1) is 21.5 Å². The van der Waals surface area contributed by atoms with Gasteiger partial charge in [-0.05, 0) is 30.0 Å². The Hall–Kier alpha value is -1.99. The zero-order valence-electron chi connectivity index (χ0n) is 14.2. The van der Waals surface area contributed by atoms with Crippen LogP contribution in [0.3, 0.4) is 0 Å². The van der Waals surface area contributed by atoms with Crippen molar-refractivity contribution in [3.8, 4) is 0 Å². The fourth-order valence-corrected chi connectivity index (χ4v) is 3.56. The molecule has 1 aliphatic rings. The molecule has 6 nitrogen and oxygen atoms in total. The van der Waals surface area contributed by atoms with Crippen LogP contribution < -0.4 is 4.90 Å². The number of aromatic nitrogens is 2. The minimum Gasteiger partial charge on any atom is -0.354 e. The van der Waals surface area contributed by atoms with Crippen molar-refractivity contribution in [3.05, 3.63) is 40.2 Å². The largest absolute Gasteiger partial charge is 0.354 e. The van der Waals surface area contributed by atoms with E-state index in [9.17, 15) is 4.79 Å². The quantitative estimate of drug-likeness (QED) is 0.848. The van der Waals surface area contributed by atoms with E-state index in [1.165, 1.54) is 9.78 Å². The van der Waals surface area contributed by atoms with Gasteiger partial charge in [0.05, 0.1) is 0 Å². The standard InChI is InChI=1S/C17H23N5OS/c1-20(2)17(23)15-6-7-16(19-18-15)22-9-4-8-21(10-11-22)13-14-5-3-12-24-14/h3,5-7,12H,4,8-11,13H2,1-2H3. The van der Waals surface area contributed by atoms with Crippen LogP contribution in [0.4, 0.5) is 5.82 Å². The van der Waals surface area contributed by atoms with E-state index in [0.29, 0.717) is 5.69 Å². The second-order valence-corrected chi connectivity index (χ2v) is 7.20. The van der Waals surface area contributed by atoms with E-state index >= 15 is 0 Å². The average molecular weight is 345 g/mol. The molecule has 1 aliphatic heterocycles. The van der Waals surface area contributed by atoms with Crippen molar-refractivity contribution in [1.82, 2.24) is 20.0 Å². The molecule has 0 spiro atoms. The van der Waals surface area contributed by atoms with E-state index in [1.807, 2.05) is 17.4 Å². The molecule has 1 amide bonds. The SMILES string of the molecule is CN(C)C(=O)c1ccc(N2CCCN(Cc3cccs3)CC2)nn1. The maximum Gasteiger partial charge on any atom is 0.273 e. The summed E-state index contributed by atoms with van der Waals surface area (Å²) in [6, 6.07) is 7.97. The Bertz CT molecular complexity index is 656. The Labute approximate surface area is 146 Å². The molecule has 0 saturated carbocycles. The highest BCUT2D eigenvalue weighted by molar-refractivity contribution is 7.09. The topological polar surface area (TPSA) is 52.6 Å². The highest BCUT2D eigenvalue weighted by Crippen LogP contribution is 2.16. The summed E-state index contributed by atoms with van der Waals surface area (Å²) in [6.07, 6.45) is 1.10. The van der Waals surface area contributed by atoms with Gasteiger partial charge in [-0.2, -0.15) is 0 Å². The third kappa shape index (κ3) is 4.10. The molecule has 7 heteroatoms. The molecule has 3 heterocycles. The molecule has 0 aliphatic carbocycles. The van der Waals surface area contributed by atoms with E-state index in [4.69, 9.17) is 0 Å². The summed E-state index contributed by atoms with van der Waals surface area (Å²) in [5, 5.41) is 10.5. The number of nitrogens with zero attached hydrogens (tertiary/aromatic N) is 5. The first-order chi connectivity index (χ1) is 11.6. The number of carbonyl (C=O) groups is 1. The summed E-state index contributed by atoms with van der Waals surface area (Å²) in [4.78, 5) is 19.6. The normalized spacial score (nSPS) is 16.0. The van der Waals surface area contributed by atoms with E-state index in [0.717, 1.165) is 45.0 Å². The lowest BCUT2D eigenvalue weighted by Gasteiger charge is -2.22. The summed E-state index contributed by atoms with van der Waals surface area (Å²) in [6.45, 7) is 5.03. The van der Waals surface area contributed by atoms with Crippen LogP contribution in [0.5, 0.6) is 0 Å². The number of hydrogen-bond acceptors (Lipinski definition) is 6. The number of amides is 1. The summed E-state index contributed by atoms with van der Waals surface area (Å²) < 4.78 is 0. The number of hydrogen-bond donors (Lipinski definition) is 0. The summed E-state index contributed by atoms with van der Waals surface area (Å²) in [7, 11) is 3.43. The molecule has 1 saturated heterocycles. The number of rotatable bonds is 4. The predicted octanol–water partition coefficient (Wildman–Crippen LogP) is 1.95. The smallest absolute Gasteiger partial charge is 0.273 e. The Morgan fingerprint density at radius 3 is 2.71 bits per heavy atom. The molecule has 2 aromatic heterocycles. The van der Waals surface area contributed by atoms with Gasteiger partial charge in [-0.3, -0.25) is 9.69 Å². The Morgan fingerprint density at radius 2 is 2.04 bits per heavy atom. The van der Waals surface area contributed by atoms with Crippen LogP contribution in [0.1, 0.15) is 21.8 Å². The van der Waals surface area contributed by atoms with Crippen LogP contribution >= 0.6 is 11.3 Å². The van der Waals surface area contributed by atoms with Crippen molar-refractivity contribution in [2.45, 2.75) is 13.0 Å². The molecule has 0 unspecified atom stereocenters. The molecule has 0 aromatic carbocycles. The van der Waals surface area contributed by atoms with E-state index in [2.05, 4.69) is 37.5 Å². The monoisotopic (exact) mass is 345 g/mol. The van der Waals surface area contributed by atoms with E-state index in [1.54, 1.807) is 20.2 Å². The van der Waals surface area contributed by atoms with Crippen LogP contribution in [0.15, 0.2) is 29.6 Å². The van der Waals surface area contributed by atoms with Crippen molar-refractivity contribution >= 4 is 23.1 Å². The van der Waals surface area contributed by atoms with Crippen molar-refractivity contribution in [1.29, 1.82) is 0 Å². The highest BCUT2D eigenvalue weighted by Gasteiger charge is 2.18. The maximum absolute atomic E-state index is 11.9. The molecule has 0 bridgehead atoms. The molecular weight excluding hydrogens is 322 g/mol. The Morgan fingerprint density at radius 1 is 1.17 bits per heavy atom. The molecule has 128 valence electrons. The van der Waals surface area contributed by atoms with Crippen molar-refractivity contribution < 1.29 is 4.79 Å². The lowest BCUT2D eigenvalue weighted by molar-refractivity contribution is 0.0821. The first-order valence-electron chi connectivity index (χ1n) is 8.18. The second-order valence-electron chi connectivity index (χ2n) is 6.17. The van der Waals surface area contributed by atoms with Gasteiger partial charge in [-0.25, -0.2) is 0 Å². The molecule has 0 N–H and O–H groups in total. The zero-order chi connectivity index (χ0) is 16.9. The lowest BCUT2D eigenvalue weighted by atomic mass is 10.3. The maximum atomic E-state index is 11.9. The minimum atomic E-state index is -0.118. The molecule has 0 atom stereocenters. The van der Waals surface area contributed by atoms with Gasteiger partial charge in [0.15, 0.2) is 11.5 Å². The van der Waals surface area contributed by atoms with Gasteiger partial charge in [0.1, 0.15) is 0 Å². The molecular formula is C17H23N5OS.